The summed E-state index contributed by atoms with van der Waals surface area (Å²) in [5, 5.41) is 3.15. The molecule has 0 bridgehead atoms. The molecule has 1 amide bonds. The maximum absolute atomic E-state index is 13.8. The molecule has 1 N–H and O–H groups in total. The van der Waals surface area contributed by atoms with Crippen LogP contribution in [0.5, 0.6) is 0 Å². The van der Waals surface area contributed by atoms with Crippen molar-refractivity contribution in [3.8, 4) is 0 Å². The van der Waals surface area contributed by atoms with Gasteiger partial charge in [0.25, 0.3) is 0 Å². The van der Waals surface area contributed by atoms with Gasteiger partial charge in [-0.2, -0.15) is 0 Å². The molecule has 1 heterocycles. The molecule has 2 unspecified atom stereocenters. The molecule has 1 saturated heterocycles. The van der Waals surface area contributed by atoms with Gasteiger partial charge >= 0.3 is 0 Å². The molecule has 1 aliphatic heterocycles. The van der Waals surface area contributed by atoms with E-state index in [2.05, 4.69) is 19.2 Å². The molecule has 1 aromatic carbocycles. The predicted octanol–water partition coefficient (Wildman–Crippen LogP) is 2.30. The van der Waals surface area contributed by atoms with Gasteiger partial charge in [-0.15, -0.1) is 0 Å². The lowest BCUT2D eigenvalue weighted by atomic mass is 10.1. The van der Waals surface area contributed by atoms with Crippen LogP contribution in [0.25, 0.3) is 0 Å². The number of benzene rings is 1. The van der Waals surface area contributed by atoms with Crippen LogP contribution in [-0.2, 0) is 4.79 Å². The van der Waals surface area contributed by atoms with Crippen molar-refractivity contribution in [1.82, 2.24) is 10.2 Å². The molecule has 0 radical (unpaired) electrons. The highest BCUT2D eigenvalue weighted by Gasteiger charge is 2.38. The first kappa shape index (κ1) is 13.0. The minimum atomic E-state index is -0.351. The number of hydrogen-bond acceptors (Lipinski definition) is 2. The molecule has 0 aromatic heterocycles. The van der Waals surface area contributed by atoms with E-state index in [1.165, 1.54) is 6.07 Å². The lowest BCUT2D eigenvalue weighted by molar-refractivity contribution is -0.130. The predicted molar refractivity (Wildman–Crippen MR) is 68.3 cm³/mol. The summed E-state index contributed by atoms with van der Waals surface area (Å²) in [6, 6.07) is 6.35. The van der Waals surface area contributed by atoms with Crippen molar-refractivity contribution in [3.63, 3.8) is 0 Å². The molecule has 4 heteroatoms. The van der Waals surface area contributed by atoms with Crippen LogP contribution in [0.2, 0.25) is 0 Å². The Morgan fingerprint density at radius 1 is 1.39 bits per heavy atom. The number of rotatable bonds is 3. The summed E-state index contributed by atoms with van der Waals surface area (Å²) in [6.07, 6.45) is -0.351. The van der Waals surface area contributed by atoms with Crippen molar-refractivity contribution in [2.45, 2.75) is 33.0 Å². The highest BCUT2D eigenvalue weighted by molar-refractivity contribution is 5.84. The normalized spacial score (nSPS) is 24.1. The Kier molecular flexibility index (Phi) is 3.66. The van der Waals surface area contributed by atoms with Crippen LogP contribution in [0.1, 0.15) is 32.5 Å². The molecule has 3 nitrogen and oxygen atoms in total. The number of hydrogen-bond donors (Lipinski definition) is 1. The zero-order chi connectivity index (χ0) is 13.3. The van der Waals surface area contributed by atoms with Crippen LogP contribution in [0.4, 0.5) is 4.39 Å². The smallest absolute Gasteiger partial charge is 0.241 e. The highest BCUT2D eigenvalue weighted by Crippen LogP contribution is 2.27. The van der Waals surface area contributed by atoms with Gasteiger partial charge in [-0.3, -0.25) is 10.1 Å². The number of amides is 1. The summed E-state index contributed by atoms with van der Waals surface area (Å²) in [6.45, 7) is 6.55. The van der Waals surface area contributed by atoms with Crippen LogP contribution in [0, 0.1) is 11.7 Å². The topological polar surface area (TPSA) is 32.3 Å². The Hall–Kier alpha value is -1.42. The van der Waals surface area contributed by atoms with E-state index in [4.69, 9.17) is 0 Å². The van der Waals surface area contributed by atoms with Gasteiger partial charge in [0.1, 0.15) is 12.0 Å². The van der Waals surface area contributed by atoms with E-state index in [-0.39, 0.29) is 23.9 Å². The molecule has 1 aromatic rings. The second-order valence-electron chi connectivity index (χ2n) is 5.20. The molecule has 1 aliphatic rings. The van der Waals surface area contributed by atoms with Gasteiger partial charge in [0.15, 0.2) is 0 Å². The highest BCUT2D eigenvalue weighted by atomic mass is 19.1. The average Bonchev–Trinajstić information content (AvgIpc) is 2.57. The summed E-state index contributed by atoms with van der Waals surface area (Å²) in [5.74, 6) is 0.123. The van der Waals surface area contributed by atoms with Gasteiger partial charge in [-0.05, 0) is 18.9 Å². The quantitative estimate of drug-likeness (QED) is 0.892. The molecule has 1 fully saturated rings. The molecular formula is C14H19FN2O. The third-order valence-corrected chi connectivity index (χ3v) is 3.13. The number of halogens is 1. The summed E-state index contributed by atoms with van der Waals surface area (Å²) < 4.78 is 13.8. The molecule has 2 rings (SSSR count). The Morgan fingerprint density at radius 2 is 2.06 bits per heavy atom. The summed E-state index contributed by atoms with van der Waals surface area (Å²) in [4.78, 5) is 13.8. The van der Waals surface area contributed by atoms with Gasteiger partial charge in [0, 0.05) is 12.1 Å². The van der Waals surface area contributed by atoms with Crippen LogP contribution in [0.15, 0.2) is 24.3 Å². The first-order chi connectivity index (χ1) is 8.50. The van der Waals surface area contributed by atoms with Crippen LogP contribution in [-0.4, -0.2) is 23.4 Å². The molecule has 0 spiro atoms. The van der Waals surface area contributed by atoms with E-state index < -0.39 is 0 Å². The van der Waals surface area contributed by atoms with Crippen LogP contribution in [0.3, 0.4) is 0 Å². The van der Waals surface area contributed by atoms with E-state index in [1.807, 2.05) is 6.92 Å². The second-order valence-corrected chi connectivity index (χ2v) is 5.20. The molecule has 0 saturated carbocycles. The first-order valence-corrected chi connectivity index (χ1v) is 6.31. The third kappa shape index (κ3) is 2.38. The van der Waals surface area contributed by atoms with Gasteiger partial charge < -0.3 is 4.90 Å². The third-order valence-electron chi connectivity index (χ3n) is 3.13. The van der Waals surface area contributed by atoms with Crippen molar-refractivity contribution < 1.29 is 9.18 Å². The number of nitrogens with zero attached hydrogens (tertiary/aromatic N) is 1. The standard InChI is InChI=1S/C14H19FN2O/c1-9(2)8-17-13(16-10(3)14(17)18)11-6-4-5-7-12(11)15/h4-7,9-10,13,16H,8H2,1-3H3. The van der Waals surface area contributed by atoms with Gasteiger partial charge in [-0.25, -0.2) is 4.39 Å². The fourth-order valence-corrected chi connectivity index (χ4v) is 2.32. The molecule has 2 atom stereocenters. The minimum absolute atomic E-state index is 0.0388. The van der Waals surface area contributed by atoms with Crippen LogP contribution < -0.4 is 5.32 Å². The zero-order valence-corrected chi connectivity index (χ0v) is 11.0. The summed E-state index contributed by atoms with van der Waals surface area (Å²) in [5.41, 5.74) is 0.538. The van der Waals surface area contributed by atoms with Crippen molar-refractivity contribution in [2.24, 2.45) is 5.92 Å². The van der Waals surface area contributed by atoms with E-state index in [0.717, 1.165) is 0 Å². The van der Waals surface area contributed by atoms with E-state index in [0.29, 0.717) is 18.0 Å². The summed E-state index contributed by atoms with van der Waals surface area (Å²) in [7, 11) is 0. The van der Waals surface area contributed by atoms with Crippen molar-refractivity contribution >= 4 is 5.91 Å². The average molecular weight is 250 g/mol. The number of carbonyl (C=O) groups excluding carboxylic acids is 1. The van der Waals surface area contributed by atoms with E-state index in [9.17, 15) is 9.18 Å². The van der Waals surface area contributed by atoms with Crippen molar-refractivity contribution in [3.05, 3.63) is 35.6 Å². The summed E-state index contributed by atoms with van der Waals surface area (Å²) >= 11 is 0. The first-order valence-electron chi connectivity index (χ1n) is 6.31. The fraction of sp³-hybridized carbons (Fsp3) is 0.500. The SMILES string of the molecule is CC(C)CN1C(=O)C(C)NC1c1ccccc1F. The van der Waals surface area contributed by atoms with Crippen molar-refractivity contribution in [1.29, 1.82) is 0 Å². The molecular weight excluding hydrogens is 231 g/mol. The number of nitrogens with one attached hydrogen (secondary N) is 1. The Labute approximate surface area is 107 Å². The van der Waals surface area contributed by atoms with Crippen molar-refractivity contribution in [2.75, 3.05) is 6.54 Å². The lowest BCUT2D eigenvalue weighted by Gasteiger charge is -2.26. The second kappa shape index (κ2) is 5.06. The van der Waals surface area contributed by atoms with Gasteiger partial charge in [0.05, 0.1) is 6.04 Å². The van der Waals surface area contributed by atoms with E-state index >= 15 is 0 Å². The van der Waals surface area contributed by atoms with E-state index in [1.54, 1.807) is 23.1 Å². The lowest BCUT2D eigenvalue weighted by Crippen LogP contribution is -2.34. The largest absolute Gasteiger partial charge is 0.321 e. The minimum Gasteiger partial charge on any atom is -0.321 e. The fourth-order valence-electron chi connectivity index (χ4n) is 2.32. The Balaban J connectivity index is 2.31. The monoisotopic (exact) mass is 250 g/mol. The van der Waals surface area contributed by atoms with Gasteiger partial charge in [-0.1, -0.05) is 32.0 Å². The molecule has 18 heavy (non-hydrogen) atoms. The van der Waals surface area contributed by atoms with Gasteiger partial charge in [0.2, 0.25) is 5.91 Å². The molecule has 98 valence electrons. The Bertz CT molecular complexity index is 447. The number of carbonyl (C=O) groups is 1. The zero-order valence-electron chi connectivity index (χ0n) is 11.0. The Morgan fingerprint density at radius 3 is 2.67 bits per heavy atom. The maximum atomic E-state index is 13.8. The maximum Gasteiger partial charge on any atom is 0.241 e. The molecule has 0 aliphatic carbocycles. The van der Waals surface area contributed by atoms with Crippen LogP contribution >= 0.6 is 0 Å².